The van der Waals surface area contributed by atoms with Crippen LogP contribution in [-0.2, 0) is 6.54 Å². The number of ether oxygens (including phenoxy) is 1. The number of amides is 1. The van der Waals surface area contributed by atoms with E-state index >= 15 is 0 Å². The third kappa shape index (κ3) is 2.75. The molecule has 0 unspecified atom stereocenters. The van der Waals surface area contributed by atoms with Crippen LogP contribution in [0.15, 0.2) is 42.5 Å². The van der Waals surface area contributed by atoms with Gasteiger partial charge in [0.05, 0.1) is 7.11 Å². The molecule has 2 aromatic carbocycles. The van der Waals surface area contributed by atoms with Gasteiger partial charge in [-0.2, -0.15) is 0 Å². The third-order valence-corrected chi connectivity index (χ3v) is 4.54. The first-order chi connectivity index (χ1) is 11.5. The van der Waals surface area contributed by atoms with E-state index in [0.29, 0.717) is 5.56 Å². The van der Waals surface area contributed by atoms with Gasteiger partial charge in [-0.05, 0) is 56.7 Å². The lowest BCUT2D eigenvalue weighted by molar-refractivity contribution is 0.102. The molecule has 0 fully saturated rings. The minimum absolute atomic E-state index is 0.119. The van der Waals surface area contributed by atoms with Crippen molar-refractivity contribution in [2.75, 3.05) is 12.4 Å². The van der Waals surface area contributed by atoms with E-state index in [1.165, 1.54) is 16.8 Å². The van der Waals surface area contributed by atoms with Gasteiger partial charge in [0.2, 0.25) is 0 Å². The molecule has 1 N–H and O–H groups in total. The first kappa shape index (κ1) is 16.1. The summed E-state index contributed by atoms with van der Waals surface area (Å²) >= 11 is 0. The van der Waals surface area contributed by atoms with E-state index < -0.39 is 0 Å². The lowest BCUT2D eigenvalue weighted by Crippen LogP contribution is -2.11. The number of nitrogens with zero attached hydrogens (tertiary/aromatic N) is 1. The molecule has 24 heavy (non-hydrogen) atoms. The van der Waals surface area contributed by atoms with Crippen molar-refractivity contribution >= 4 is 22.5 Å². The summed E-state index contributed by atoms with van der Waals surface area (Å²) in [5.41, 5.74) is 5.02. The maximum Gasteiger partial charge on any atom is 0.255 e. The number of nitrogens with one attached hydrogen (secondary N) is 1. The molecule has 0 saturated heterocycles. The molecule has 1 heterocycles. The molecule has 1 aromatic heterocycles. The molecule has 124 valence electrons. The fourth-order valence-corrected chi connectivity index (χ4v) is 3.10. The summed E-state index contributed by atoms with van der Waals surface area (Å²) in [5, 5.41) is 4.06. The van der Waals surface area contributed by atoms with Crippen LogP contribution < -0.4 is 10.1 Å². The molecule has 0 saturated carbocycles. The van der Waals surface area contributed by atoms with Crippen molar-refractivity contribution in [2.24, 2.45) is 0 Å². The number of hydrogen-bond donors (Lipinski definition) is 1. The van der Waals surface area contributed by atoms with Crippen LogP contribution in [-0.4, -0.2) is 17.6 Å². The number of aryl methyl sites for hydroxylation is 2. The van der Waals surface area contributed by atoms with Crippen molar-refractivity contribution in [1.82, 2.24) is 4.57 Å². The van der Waals surface area contributed by atoms with Crippen LogP contribution in [0.1, 0.15) is 28.5 Å². The topological polar surface area (TPSA) is 43.3 Å². The highest BCUT2D eigenvalue weighted by atomic mass is 16.5. The van der Waals surface area contributed by atoms with Crippen LogP contribution in [0.3, 0.4) is 0 Å². The Morgan fingerprint density at radius 3 is 2.67 bits per heavy atom. The van der Waals surface area contributed by atoms with E-state index in [1.807, 2.05) is 36.4 Å². The summed E-state index contributed by atoms with van der Waals surface area (Å²) in [4.78, 5) is 12.6. The minimum atomic E-state index is -0.119. The zero-order valence-corrected chi connectivity index (χ0v) is 14.5. The molecule has 0 atom stereocenters. The fraction of sp³-hybridized carbons (Fsp3) is 0.250. The second-order valence-electron chi connectivity index (χ2n) is 5.87. The molecule has 0 bridgehead atoms. The molecule has 0 aliphatic carbocycles. The summed E-state index contributed by atoms with van der Waals surface area (Å²) < 4.78 is 7.46. The van der Waals surface area contributed by atoms with Crippen LogP contribution >= 0.6 is 0 Å². The molecule has 3 aromatic rings. The summed E-state index contributed by atoms with van der Waals surface area (Å²) in [6, 6.07) is 13.2. The second-order valence-corrected chi connectivity index (χ2v) is 5.87. The van der Waals surface area contributed by atoms with E-state index in [1.54, 1.807) is 13.2 Å². The fourth-order valence-electron chi connectivity index (χ4n) is 3.10. The Kier molecular flexibility index (Phi) is 4.30. The monoisotopic (exact) mass is 322 g/mol. The van der Waals surface area contributed by atoms with Crippen molar-refractivity contribution in [3.63, 3.8) is 0 Å². The van der Waals surface area contributed by atoms with Gasteiger partial charge in [-0.15, -0.1) is 0 Å². The molecule has 4 heteroatoms. The maximum absolute atomic E-state index is 12.6. The number of methoxy groups -OCH3 is 1. The molecular formula is C20H22N2O2. The number of benzene rings is 2. The van der Waals surface area contributed by atoms with Gasteiger partial charge in [-0.1, -0.05) is 6.07 Å². The van der Waals surface area contributed by atoms with Crippen LogP contribution in [0.4, 0.5) is 5.69 Å². The van der Waals surface area contributed by atoms with Gasteiger partial charge in [-0.3, -0.25) is 4.79 Å². The van der Waals surface area contributed by atoms with Gasteiger partial charge < -0.3 is 14.6 Å². The number of hydrogen-bond acceptors (Lipinski definition) is 2. The summed E-state index contributed by atoms with van der Waals surface area (Å²) in [6.07, 6.45) is 0. The van der Waals surface area contributed by atoms with Gasteiger partial charge in [0.25, 0.3) is 5.91 Å². The molecule has 0 aliphatic rings. The Hall–Kier alpha value is -2.75. The van der Waals surface area contributed by atoms with Gasteiger partial charge in [0.1, 0.15) is 5.75 Å². The largest absolute Gasteiger partial charge is 0.497 e. The highest BCUT2D eigenvalue weighted by Crippen LogP contribution is 2.26. The minimum Gasteiger partial charge on any atom is -0.497 e. The first-order valence-electron chi connectivity index (χ1n) is 8.10. The zero-order chi connectivity index (χ0) is 17.3. The Balaban J connectivity index is 1.94. The number of carbonyl (C=O) groups excluding carboxylic acids is 1. The quantitative estimate of drug-likeness (QED) is 0.766. The Morgan fingerprint density at radius 1 is 1.17 bits per heavy atom. The first-order valence-corrected chi connectivity index (χ1v) is 8.10. The summed E-state index contributed by atoms with van der Waals surface area (Å²) in [7, 11) is 1.61. The van der Waals surface area contributed by atoms with E-state index in [4.69, 9.17) is 4.74 Å². The molecule has 0 spiro atoms. The van der Waals surface area contributed by atoms with Gasteiger partial charge >= 0.3 is 0 Å². The average Bonchev–Trinajstić information content (AvgIpc) is 2.85. The second kappa shape index (κ2) is 6.40. The number of anilines is 1. The Morgan fingerprint density at radius 2 is 1.96 bits per heavy atom. The molecule has 1 amide bonds. The lowest BCUT2D eigenvalue weighted by Gasteiger charge is -2.08. The van der Waals surface area contributed by atoms with Crippen molar-refractivity contribution < 1.29 is 9.53 Å². The van der Waals surface area contributed by atoms with Crippen molar-refractivity contribution in [2.45, 2.75) is 27.3 Å². The molecule has 4 nitrogen and oxygen atoms in total. The molecular weight excluding hydrogens is 300 g/mol. The molecule has 0 radical (unpaired) electrons. The standard InChI is InChI=1S/C20H22N2O2/c1-5-22-14(3)13(2)18-11-15(9-10-19(18)22)20(23)21-16-7-6-8-17(12-16)24-4/h6-12H,5H2,1-4H3,(H,21,23). The van der Waals surface area contributed by atoms with Crippen molar-refractivity contribution in [3.8, 4) is 5.75 Å². The summed E-state index contributed by atoms with van der Waals surface area (Å²) in [6.45, 7) is 7.28. The summed E-state index contributed by atoms with van der Waals surface area (Å²) in [5.74, 6) is 0.598. The van der Waals surface area contributed by atoms with Crippen LogP contribution in [0.5, 0.6) is 5.75 Å². The van der Waals surface area contributed by atoms with E-state index in [0.717, 1.165) is 23.4 Å². The molecule has 0 aliphatic heterocycles. The van der Waals surface area contributed by atoms with E-state index in [9.17, 15) is 4.79 Å². The predicted molar refractivity (Wildman–Crippen MR) is 98.0 cm³/mol. The smallest absolute Gasteiger partial charge is 0.255 e. The van der Waals surface area contributed by atoms with Crippen LogP contribution in [0, 0.1) is 13.8 Å². The number of fused-ring (bicyclic) bond motifs is 1. The van der Waals surface area contributed by atoms with Gasteiger partial charge in [-0.25, -0.2) is 0 Å². The Bertz CT molecular complexity index is 909. The number of rotatable bonds is 4. The Labute approximate surface area is 142 Å². The maximum atomic E-state index is 12.6. The van der Waals surface area contributed by atoms with Crippen molar-refractivity contribution in [3.05, 3.63) is 59.3 Å². The highest BCUT2D eigenvalue weighted by molar-refractivity contribution is 6.06. The van der Waals surface area contributed by atoms with E-state index in [2.05, 4.69) is 30.7 Å². The average molecular weight is 322 g/mol. The normalized spacial score (nSPS) is 10.8. The third-order valence-electron chi connectivity index (χ3n) is 4.54. The van der Waals surface area contributed by atoms with E-state index in [-0.39, 0.29) is 5.91 Å². The van der Waals surface area contributed by atoms with Gasteiger partial charge in [0, 0.05) is 40.5 Å². The van der Waals surface area contributed by atoms with Crippen LogP contribution in [0.25, 0.3) is 10.9 Å². The predicted octanol–water partition coefficient (Wildman–Crippen LogP) is 4.54. The number of aromatic nitrogens is 1. The zero-order valence-electron chi connectivity index (χ0n) is 14.5. The highest BCUT2D eigenvalue weighted by Gasteiger charge is 2.13. The molecule has 3 rings (SSSR count). The lowest BCUT2D eigenvalue weighted by atomic mass is 10.1. The van der Waals surface area contributed by atoms with Gasteiger partial charge in [0.15, 0.2) is 0 Å². The van der Waals surface area contributed by atoms with Crippen LogP contribution in [0.2, 0.25) is 0 Å². The van der Waals surface area contributed by atoms with Crippen molar-refractivity contribution in [1.29, 1.82) is 0 Å². The SMILES string of the molecule is CCn1c(C)c(C)c2cc(C(=O)Nc3cccc(OC)c3)ccc21. The number of carbonyl (C=O) groups is 1.